The summed E-state index contributed by atoms with van der Waals surface area (Å²) >= 11 is 0. The summed E-state index contributed by atoms with van der Waals surface area (Å²) in [6.45, 7) is 11.0. The third-order valence-corrected chi connectivity index (χ3v) is 3.42. The Kier molecular flexibility index (Phi) is 3.41. The topological polar surface area (TPSA) is 67.7 Å². The van der Waals surface area contributed by atoms with Crippen molar-refractivity contribution in [2.24, 2.45) is 11.1 Å². The first-order valence-electron chi connectivity index (χ1n) is 5.61. The Balaban J connectivity index is 2.76. The van der Waals surface area contributed by atoms with Crippen molar-refractivity contribution in [3.8, 4) is 0 Å². The molecule has 0 radical (unpaired) electrons. The molecule has 0 aliphatic rings. The normalized spacial score (nSPS) is 11.8. The van der Waals surface area contributed by atoms with E-state index >= 15 is 0 Å². The quantitative estimate of drug-likeness (QED) is 0.605. The molecule has 0 aliphatic carbocycles. The Labute approximate surface area is 97.3 Å². The second-order valence-electron chi connectivity index (χ2n) is 5.07. The number of hydrogen-bond acceptors (Lipinski definition) is 2. The molecule has 0 bridgehead atoms. The van der Waals surface area contributed by atoms with E-state index in [4.69, 9.17) is 11.1 Å². The van der Waals surface area contributed by atoms with Gasteiger partial charge in [0.15, 0.2) is 0 Å². The summed E-state index contributed by atoms with van der Waals surface area (Å²) in [5, 5.41) is 12.0. The number of aryl methyl sites for hydroxylation is 2. The van der Waals surface area contributed by atoms with Gasteiger partial charge in [-0.2, -0.15) is 5.10 Å². The second-order valence-corrected chi connectivity index (χ2v) is 5.07. The highest BCUT2D eigenvalue weighted by Crippen LogP contribution is 2.21. The van der Waals surface area contributed by atoms with Crippen LogP contribution in [0.3, 0.4) is 0 Å². The molecule has 0 spiro atoms. The Morgan fingerprint density at radius 1 is 1.38 bits per heavy atom. The molecule has 0 saturated heterocycles. The Bertz CT molecular complexity index is 401. The van der Waals surface area contributed by atoms with Gasteiger partial charge >= 0.3 is 0 Å². The third kappa shape index (κ3) is 2.43. The highest BCUT2D eigenvalue weighted by Gasteiger charge is 2.22. The second kappa shape index (κ2) is 4.28. The van der Waals surface area contributed by atoms with Crippen LogP contribution in [0.5, 0.6) is 0 Å². The highest BCUT2D eigenvalue weighted by molar-refractivity contribution is 5.82. The molecule has 90 valence electrons. The molecule has 0 aliphatic heterocycles. The van der Waals surface area contributed by atoms with Gasteiger partial charge in [-0.1, -0.05) is 13.8 Å². The lowest BCUT2D eigenvalue weighted by Gasteiger charge is -2.22. The first-order chi connectivity index (χ1) is 7.25. The van der Waals surface area contributed by atoms with Gasteiger partial charge in [0.05, 0.1) is 11.5 Å². The Morgan fingerprint density at radius 2 is 1.94 bits per heavy atom. The van der Waals surface area contributed by atoms with E-state index in [0.717, 1.165) is 18.7 Å². The van der Waals surface area contributed by atoms with Gasteiger partial charge in [-0.25, -0.2) is 0 Å². The maximum atomic E-state index is 7.51. The predicted octanol–water partition coefficient (Wildman–Crippen LogP) is 2.16. The minimum Gasteiger partial charge on any atom is -0.387 e. The number of aromatic nitrogens is 2. The SMILES string of the molecule is Cc1nn(CCC(C)(C)C(=N)N)c(C)c1C. The van der Waals surface area contributed by atoms with E-state index < -0.39 is 0 Å². The lowest BCUT2D eigenvalue weighted by Crippen LogP contribution is -2.32. The maximum Gasteiger partial charge on any atom is 0.0963 e. The van der Waals surface area contributed by atoms with Gasteiger partial charge in [0, 0.05) is 17.7 Å². The van der Waals surface area contributed by atoms with Gasteiger partial charge in [0.2, 0.25) is 0 Å². The standard InChI is InChI=1S/C12H22N4/c1-8-9(2)15-16(10(8)3)7-6-12(4,5)11(13)14/h6-7H2,1-5H3,(H3,13,14). The van der Waals surface area contributed by atoms with Gasteiger partial charge in [-0.3, -0.25) is 10.1 Å². The maximum absolute atomic E-state index is 7.51. The van der Waals surface area contributed by atoms with Crippen molar-refractivity contribution in [2.75, 3.05) is 0 Å². The van der Waals surface area contributed by atoms with Crippen LogP contribution in [0.25, 0.3) is 0 Å². The number of hydrogen-bond donors (Lipinski definition) is 2. The van der Waals surface area contributed by atoms with Crippen LogP contribution in [0.15, 0.2) is 0 Å². The molecule has 0 saturated carbocycles. The number of nitrogens with zero attached hydrogens (tertiary/aromatic N) is 2. The fourth-order valence-corrected chi connectivity index (χ4v) is 1.52. The van der Waals surface area contributed by atoms with Crippen LogP contribution in [-0.2, 0) is 6.54 Å². The summed E-state index contributed by atoms with van der Waals surface area (Å²) in [6.07, 6.45) is 0.837. The van der Waals surface area contributed by atoms with E-state index in [9.17, 15) is 0 Å². The van der Waals surface area contributed by atoms with Gasteiger partial charge in [0.1, 0.15) is 0 Å². The first-order valence-corrected chi connectivity index (χ1v) is 5.61. The summed E-state index contributed by atoms with van der Waals surface area (Å²) in [5.74, 6) is 0.241. The van der Waals surface area contributed by atoms with Gasteiger partial charge < -0.3 is 5.73 Å². The van der Waals surface area contributed by atoms with Crippen LogP contribution in [-0.4, -0.2) is 15.6 Å². The van der Waals surface area contributed by atoms with Crippen molar-refractivity contribution in [3.63, 3.8) is 0 Å². The molecule has 1 heterocycles. The number of nitrogens with one attached hydrogen (secondary N) is 1. The minimum atomic E-state index is -0.250. The zero-order chi connectivity index (χ0) is 12.5. The van der Waals surface area contributed by atoms with Gasteiger partial charge in [0.25, 0.3) is 0 Å². The van der Waals surface area contributed by atoms with E-state index in [-0.39, 0.29) is 11.3 Å². The summed E-state index contributed by atoms with van der Waals surface area (Å²) in [6, 6.07) is 0. The Hall–Kier alpha value is -1.32. The fourth-order valence-electron chi connectivity index (χ4n) is 1.52. The molecule has 1 aromatic heterocycles. The monoisotopic (exact) mass is 222 g/mol. The van der Waals surface area contributed by atoms with Crippen molar-refractivity contribution < 1.29 is 0 Å². The average Bonchev–Trinajstić information content (AvgIpc) is 2.43. The number of rotatable bonds is 4. The number of nitrogens with two attached hydrogens (primary N) is 1. The molecular weight excluding hydrogens is 200 g/mol. The summed E-state index contributed by atoms with van der Waals surface area (Å²) in [4.78, 5) is 0. The summed E-state index contributed by atoms with van der Waals surface area (Å²) in [5.41, 5.74) is 8.85. The van der Waals surface area contributed by atoms with Crippen molar-refractivity contribution in [1.82, 2.24) is 9.78 Å². The summed E-state index contributed by atoms with van der Waals surface area (Å²) < 4.78 is 2.01. The molecule has 0 atom stereocenters. The fraction of sp³-hybridized carbons (Fsp3) is 0.667. The molecular formula is C12H22N4. The van der Waals surface area contributed by atoms with E-state index in [1.54, 1.807) is 0 Å². The average molecular weight is 222 g/mol. The highest BCUT2D eigenvalue weighted by atomic mass is 15.3. The number of amidine groups is 1. The molecule has 4 nitrogen and oxygen atoms in total. The molecule has 0 amide bonds. The molecule has 0 unspecified atom stereocenters. The first kappa shape index (κ1) is 12.7. The van der Waals surface area contributed by atoms with Crippen LogP contribution in [0, 0.1) is 31.6 Å². The van der Waals surface area contributed by atoms with Crippen molar-refractivity contribution in [2.45, 2.75) is 47.6 Å². The summed E-state index contributed by atoms with van der Waals surface area (Å²) in [7, 11) is 0. The van der Waals surface area contributed by atoms with Crippen LogP contribution in [0.2, 0.25) is 0 Å². The van der Waals surface area contributed by atoms with Crippen LogP contribution >= 0.6 is 0 Å². The molecule has 0 fully saturated rings. The zero-order valence-electron chi connectivity index (χ0n) is 10.9. The van der Waals surface area contributed by atoms with E-state index in [0.29, 0.717) is 0 Å². The largest absolute Gasteiger partial charge is 0.387 e. The smallest absolute Gasteiger partial charge is 0.0963 e. The minimum absolute atomic E-state index is 0.241. The van der Waals surface area contributed by atoms with Gasteiger partial charge in [-0.05, 0) is 32.8 Å². The lowest BCUT2D eigenvalue weighted by molar-refractivity contribution is 0.407. The molecule has 4 heteroatoms. The van der Waals surface area contributed by atoms with Crippen LogP contribution in [0.1, 0.15) is 37.2 Å². The molecule has 1 rings (SSSR count). The van der Waals surface area contributed by atoms with E-state index in [2.05, 4.69) is 18.9 Å². The Morgan fingerprint density at radius 3 is 2.31 bits per heavy atom. The molecule has 0 aromatic carbocycles. The zero-order valence-corrected chi connectivity index (χ0v) is 10.9. The van der Waals surface area contributed by atoms with Gasteiger partial charge in [-0.15, -0.1) is 0 Å². The van der Waals surface area contributed by atoms with Crippen LogP contribution in [0.4, 0.5) is 0 Å². The van der Waals surface area contributed by atoms with Crippen LogP contribution < -0.4 is 5.73 Å². The van der Waals surface area contributed by atoms with E-state index in [1.807, 2.05) is 25.5 Å². The van der Waals surface area contributed by atoms with Crippen molar-refractivity contribution in [1.29, 1.82) is 5.41 Å². The molecule has 3 N–H and O–H groups in total. The third-order valence-electron chi connectivity index (χ3n) is 3.42. The van der Waals surface area contributed by atoms with Crippen molar-refractivity contribution >= 4 is 5.84 Å². The van der Waals surface area contributed by atoms with E-state index in [1.165, 1.54) is 11.3 Å². The molecule has 1 aromatic rings. The lowest BCUT2D eigenvalue weighted by atomic mass is 9.88. The molecule has 16 heavy (non-hydrogen) atoms. The predicted molar refractivity (Wildman–Crippen MR) is 66.8 cm³/mol. The van der Waals surface area contributed by atoms with Crippen molar-refractivity contribution in [3.05, 3.63) is 17.0 Å².